The molecule has 0 unspecified atom stereocenters. The second-order valence-electron chi connectivity index (χ2n) is 4.80. The van der Waals surface area contributed by atoms with Gasteiger partial charge in [0.15, 0.2) is 0 Å². The molecule has 0 spiro atoms. The van der Waals surface area contributed by atoms with Crippen LogP contribution in [0, 0.1) is 0 Å². The minimum atomic E-state index is -1.13. The Bertz CT molecular complexity index is 438. The lowest BCUT2D eigenvalue weighted by Gasteiger charge is -2.39. The Morgan fingerprint density at radius 3 is 2.77 bits per heavy atom. The minimum absolute atomic E-state index is 1.13. The van der Waals surface area contributed by atoms with Gasteiger partial charge in [-0.05, 0) is 34.9 Å². The van der Waals surface area contributed by atoms with Crippen molar-refractivity contribution in [1.82, 2.24) is 0 Å². The second-order valence-corrected chi connectivity index (χ2v) is 9.09. The molecule has 3 rings (SSSR count). The Labute approximate surface area is 80.3 Å². The standard InChI is InChI=1S/C12H14Si/c1-8-7-9-5-4-6-10-11(9)12(8)13(10,2)3/h4-6H,7H2,1-3H3. The molecule has 0 amide bonds. The molecule has 0 saturated heterocycles. The Hall–Kier alpha value is -0.823. The highest BCUT2D eigenvalue weighted by atomic mass is 28.3. The van der Waals surface area contributed by atoms with Crippen molar-refractivity contribution in [3.05, 3.63) is 34.9 Å². The van der Waals surface area contributed by atoms with E-state index in [-0.39, 0.29) is 0 Å². The monoisotopic (exact) mass is 186 g/mol. The van der Waals surface area contributed by atoms with E-state index in [1.165, 1.54) is 6.42 Å². The quantitative estimate of drug-likeness (QED) is 0.546. The molecule has 0 N–H and O–H groups in total. The molecule has 13 heavy (non-hydrogen) atoms. The summed E-state index contributed by atoms with van der Waals surface area (Å²) in [7, 11) is -1.13. The van der Waals surface area contributed by atoms with E-state index in [9.17, 15) is 0 Å². The van der Waals surface area contributed by atoms with Crippen LogP contribution in [-0.2, 0) is 6.42 Å². The van der Waals surface area contributed by atoms with Gasteiger partial charge in [-0.2, -0.15) is 0 Å². The summed E-state index contributed by atoms with van der Waals surface area (Å²) in [4.78, 5) is 0. The third-order valence-electron chi connectivity index (χ3n) is 3.58. The van der Waals surface area contributed by atoms with E-state index < -0.39 is 8.07 Å². The summed E-state index contributed by atoms with van der Waals surface area (Å²) in [6.07, 6.45) is 1.22. The summed E-state index contributed by atoms with van der Waals surface area (Å²) in [5.74, 6) is 0. The highest BCUT2D eigenvalue weighted by Gasteiger charge is 2.46. The summed E-state index contributed by atoms with van der Waals surface area (Å²) < 4.78 is 0. The van der Waals surface area contributed by atoms with Crippen molar-refractivity contribution in [2.45, 2.75) is 26.4 Å². The van der Waals surface area contributed by atoms with Crippen LogP contribution in [0.1, 0.15) is 18.1 Å². The lowest BCUT2D eigenvalue weighted by molar-refractivity contribution is 1.20. The lowest BCUT2D eigenvalue weighted by atomic mass is 10.1. The smallest absolute Gasteiger partial charge is 0.0686 e. The van der Waals surface area contributed by atoms with Crippen molar-refractivity contribution in [3.63, 3.8) is 0 Å². The van der Waals surface area contributed by atoms with Gasteiger partial charge in [-0.25, -0.2) is 0 Å². The summed E-state index contributed by atoms with van der Waals surface area (Å²) >= 11 is 0. The van der Waals surface area contributed by atoms with E-state index in [2.05, 4.69) is 38.2 Å². The van der Waals surface area contributed by atoms with E-state index in [4.69, 9.17) is 0 Å². The van der Waals surface area contributed by atoms with Gasteiger partial charge in [0.25, 0.3) is 0 Å². The van der Waals surface area contributed by atoms with Crippen molar-refractivity contribution in [1.29, 1.82) is 0 Å². The van der Waals surface area contributed by atoms with E-state index in [0.29, 0.717) is 0 Å². The molecule has 1 heterocycles. The first-order valence-electron chi connectivity index (χ1n) is 4.95. The molecule has 0 nitrogen and oxygen atoms in total. The van der Waals surface area contributed by atoms with Crippen LogP contribution in [0.5, 0.6) is 0 Å². The number of rotatable bonds is 0. The van der Waals surface area contributed by atoms with Gasteiger partial charge in [-0.3, -0.25) is 0 Å². The average molecular weight is 186 g/mol. The largest absolute Gasteiger partial charge is 0.113 e. The number of hydrogen-bond donors (Lipinski definition) is 0. The van der Waals surface area contributed by atoms with Gasteiger partial charge in [-0.1, -0.05) is 36.9 Å². The molecule has 1 aliphatic carbocycles. The van der Waals surface area contributed by atoms with Gasteiger partial charge in [-0.15, -0.1) is 0 Å². The Balaban J connectivity index is 2.40. The number of allylic oxidation sites excluding steroid dienone is 1. The van der Waals surface area contributed by atoms with E-state index in [1.54, 1.807) is 27.1 Å². The van der Waals surface area contributed by atoms with Crippen LogP contribution >= 0.6 is 0 Å². The van der Waals surface area contributed by atoms with Crippen LogP contribution in [0.25, 0.3) is 5.20 Å². The van der Waals surface area contributed by atoms with Crippen LogP contribution < -0.4 is 5.19 Å². The fourth-order valence-electron chi connectivity index (χ4n) is 3.07. The molecular weight excluding hydrogens is 172 g/mol. The van der Waals surface area contributed by atoms with Crippen LogP contribution in [-0.4, -0.2) is 8.07 Å². The van der Waals surface area contributed by atoms with Crippen molar-refractivity contribution < 1.29 is 0 Å². The maximum atomic E-state index is 2.48. The lowest BCUT2D eigenvalue weighted by Crippen LogP contribution is -2.54. The fraction of sp³-hybridized carbons (Fsp3) is 0.333. The third kappa shape index (κ3) is 0.681. The van der Waals surface area contributed by atoms with Gasteiger partial charge in [0.1, 0.15) is 8.07 Å². The van der Waals surface area contributed by atoms with Crippen LogP contribution in [0.15, 0.2) is 23.8 Å². The van der Waals surface area contributed by atoms with Gasteiger partial charge < -0.3 is 0 Å². The van der Waals surface area contributed by atoms with E-state index in [0.717, 1.165) is 0 Å². The summed E-state index contributed by atoms with van der Waals surface area (Å²) in [5.41, 5.74) is 4.86. The average Bonchev–Trinajstić information content (AvgIpc) is 2.39. The molecule has 1 aromatic rings. The topological polar surface area (TPSA) is 0 Å². The highest BCUT2D eigenvalue weighted by Crippen LogP contribution is 2.45. The highest BCUT2D eigenvalue weighted by molar-refractivity contribution is 7.10. The Morgan fingerprint density at radius 1 is 1.23 bits per heavy atom. The zero-order valence-electron chi connectivity index (χ0n) is 8.44. The molecule has 0 atom stereocenters. The zero-order valence-corrected chi connectivity index (χ0v) is 9.44. The molecule has 1 heteroatoms. The normalized spacial score (nSPS) is 21.5. The summed E-state index contributed by atoms with van der Waals surface area (Å²) in [5, 5.41) is 3.45. The molecule has 0 radical (unpaired) electrons. The minimum Gasteiger partial charge on any atom is -0.0686 e. The number of benzene rings is 1. The SMILES string of the molecule is CC1=C2c3c(cccc3[Si]2(C)C)C1. The zero-order chi connectivity index (χ0) is 9.22. The molecule has 0 fully saturated rings. The predicted molar refractivity (Wildman–Crippen MR) is 59.9 cm³/mol. The molecular formula is C12H14Si. The maximum absolute atomic E-state index is 2.48. The van der Waals surface area contributed by atoms with Crippen molar-refractivity contribution in [3.8, 4) is 0 Å². The van der Waals surface area contributed by atoms with E-state index in [1.807, 2.05) is 0 Å². The number of hydrogen-bond acceptors (Lipinski definition) is 0. The molecule has 66 valence electrons. The molecule has 2 aliphatic rings. The van der Waals surface area contributed by atoms with Crippen LogP contribution in [0.3, 0.4) is 0 Å². The van der Waals surface area contributed by atoms with Gasteiger partial charge in [0.05, 0.1) is 0 Å². The predicted octanol–water partition coefficient (Wildman–Crippen LogP) is 2.48. The Kier molecular flexibility index (Phi) is 1.15. The summed E-state index contributed by atoms with van der Waals surface area (Å²) in [6, 6.07) is 6.87. The van der Waals surface area contributed by atoms with E-state index >= 15 is 0 Å². The molecule has 0 saturated carbocycles. The third-order valence-corrected chi connectivity index (χ3v) is 7.27. The first-order valence-corrected chi connectivity index (χ1v) is 7.95. The molecule has 1 aliphatic heterocycles. The van der Waals surface area contributed by atoms with Crippen molar-refractivity contribution in [2.24, 2.45) is 0 Å². The van der Waals surface area contributed by atoms with Gasteiger partial charge in [0.2, 0.25) is 0 Å². The fourth-order valence-corrected chi connectivity index (χ4v) is 6.65. The summed E-state index contributed by atoms with van der Waals surface area (Å²) in [6.45, 7) is 7.26. The molecule has 0 aromatic heterocycles. The van der Waals surface area contributed by atoms with Crippen LogP contribution in [0.4, 0.5) is 0 Å². The van der Waals surface area contributed by atoms with Crippen molar-refractivity contribution >= 4 is 18.5 Å². The van der Waals surface area contributed by atoms with Crippen molar-refractivity contribution in [2.75, 3.05) is 0 Å². The molecule has 1 aromatic carbocycles. The first-order chi connectivity index (χ1) is 6.12. The van der Waals surface area contributed by atoms with Crippen LogP contribution in [0.2, 0.25) is 13.1 Å². The Morgan fingerprint density at radius 2 is 2.00 bits per heavy atom. The van der Waals surface area contributed by atoms with Gasteiger partial charge >= 0.3 is 0 Å². The molecule has 0 bridgehead atoms. The maximum Gasteiger partial charge on any atom is 0.113 e. The van der Waals surface area contributed by atoms with Gasteiger partial charge in [0, 0.05) is 0 Å². The second kappa shape index (κ2) is 1.98. The first kappa shape index (κ1) is 7.57.